The van der Waals surface area contributed by atoms with Crippen LogP contribution in [0.1, 0.15) is 25.8 Å². The normalized spacial score (nSPS) is 13.5. The molecule has 2 unspecified atom stereocenters. The number of nitrogens with zero attached hydrogens (tertiary/aromatic N) is 5. The SMILES string of the molecule is CC(CC(=N)C[SH](=O)=O)C(CC#N)n1cc(-c2ncnc3[nH]ccc23)cn1. The van der Waals surface area contributed by atoms with Crippen molar-refractivity contribution in [1.29, 1.82) is 10.7 Å². The molecule has 27 heavy (non-hydrogen) atoms. The van der Waals surface area contributed by atoms with Crippen molar-refractivity contribution in [2.45, 2.75) is 25.8 Å². The average molecular weight is 385 g/mol. The van der Waals surface area contributed by atoms with Crippen molar-refractivity contribution >= 4 is 27.4 Å². The number of H-pyrrole nitrogens is 1. The Balaban J connectivity index is 1.86. The molecule has 2 N–H and O–H groups in total. The fraction of sp³-hybridized carbons (Fsp3) is 0.353. The molecule has 0 saturated heterocycles. The van der Waals surface area contributed by atoms with Gasteiger partial charge in [0.1, 0.15) is 22.7 Å². The number of hydrogen-bond donors (Lipinski definition) is 3. The van der Waals surface area contributed by atoms with Crippen molar-refractivity contribution in [2.75, 3.05) is 5.75 Å². The molecule has 2 atom stereocenters. The van der Waals surface area contributed by atoms with Crippen LogP contribution in [0.5, 0.6) is 0 Å². The second-order valence-electron chi connectivity index (χ2n) is 6.38. The first kappa shape index (κ1) is 18.7. The van der Waals surface area contributed by atoms with E-state index >= 15 is 0 Å². The monoisotopic (exact) mass is 385 g/mol. The van der Waals surface area contributed by atoms with Crippen LogP contribution in [0.25, 0.3) is 22.3 Å². The van der Waals surface area contributed by atoms with E-state index in [0.29, 0.717) is 6.42 Å². The maximum absolute atomic E-state index is 10.8. The summed E-state index contributed by atoms with van der Waals surface area (Å²) in [7, 11) is -2.62. The topological polar surface area (TPSA) is 141 Å². The number of aromatic amines is 1. The summed E-state index contributed by atoms with van der Waals surface area (Å²) in [6, 6.07) is 3.78. The predicted molar refractivity (Wildman–Crippen MR) is 101 cm³/mol. The van der Waals surface area contributed by atoms with Gasteiger partial charge >= 0.3 is 0 Å². The lowest BCUT2D eigenvalue weighted by atomic mass is 9.94. The minimum atomic E-state index is -2.62. The number of fused-ring (bicyclic) bond motifs is 1. The van der Waals surface area contributed by atoms with Gasteiger partial charge in [0.2, 0.25) is 0 Å². The zero-order chi connectivity index (χ0) is 19.4. The summed E-state index contributed by atoms with van der Waals surface area (Å²) in [4.78, 5) is 11.6. The lowest BCUT2D eigenvalue weighted by molar-refractivity contribution is 0.337. The van der Waals surface area contributed by atoms with Gasteiger partial charge in [-0.2, -0.15) is 10.4 Å². The smallest absolute Gasteiger partial charge is 0.145 e. The van der Waals surface area contributed by atoms with Crippen LogP contribution in [0.15, 0.2) is 31.0 Å². The third-order valence-electron chi connectivity index (χ3n) is 4.41. The Hall–Kier alpha value is -3.06. The van der Waals surface area contributed by atoms with Gasteiger partial charge in [0.05, 0.1) is 36.2 Å². The standard InChI is InChI=1S/C17H19N7O2S/c1-11(6-13(19)9-27(25)26)15(2-4-18)24-8-12(7-23-24)16-14-3-5-20-17(14)22-10-21-16/h3,5,7-8,10-11,15,19,27H,2,6,9H2,1H3,(H,20,21,22). The van der Waals surface area contributed by atoms with E-state index in [1.54, 1.807) is 17.1 Å². The number of nitriles is 1. The molecule has 0 aromatic carbocycles. The fourth-order valence-electron chi connectivity index (χ4n) is 3.14. The molecule has 0 amide bonds. The molecule has 3 aromatic rings. The third kappa shape index (κ3) is 4.20. The predicted octanol–water partition coefficient (Wildman–Crippen LogP) is 1.93. The van der Waals surface area contributed by atoms with E-state index in [1.165, 1.54) is 6.33 Å². The molecule has 10 heteroatoms. The van der Waals surface area contributed by atoms with E-state index in [0.717, 1.165) is 22.3 Å². The maximum Gasteiger partial charge on any atom is 0.145 e. The van der Waals surface area contributed by atoms with Crippen molar-refractivity contribution in [3.05, 3.63) is 31.0 Å². The molecule has 3 aromatic heterocycles. The van der Waals surface area contributed by atoms with Crippen molar-refractivity contribution in [1.82, 2.24) is 24.7 Å². The van der Waals surface area contributed by atoms with Crippen molar-refractivity contribution in [3.63, 3.8) is 0 Å². The van der Waals surface area contributed by atoms with Crippen LogP contribution in [-0.4, -0.2) is 44.6 Å². The molecule has 0 bridgehead atoms. The maximum atomic E-state index is 10.8. The zero-order valence-electron chi connectivity index (χ0n) is 14.7. The first-order chi connectivity index (χ1) is 13.0. The van der Waals surface area contributed by atoms with Crippen molar-refractivity contribution in [3.8, 4) is 17.3 Å². The van der Waals surface area contributed by atoms with E-state index in [4.69, 9.17) is 5.41 Å². The van der Waals surface area contributed by atoms with Crippen LogP contribution >= 0.6 is 0 Å². The molecule has 0 saturated carbocycles. The molecule has 0 radical (unpaired) electrons. The summed E-state index contributed by atoms with van der Waals surface area (Å²) in [5.74, 6) is -0.368. The van der Waals surface area contributed by atoms with Gasteiger partial charge in [-0.05, 0) is 18.4 Å². The Morgan fingerprint density at radius 3 is 3.00 bits per heavy atom. The first-order valence-electron chi connectivity index (χ1n) is 8.37. The summed E-state index contributed by atoms with van der Waals surface area (Å²) < 4.78 is 23.3. The number of thiol groups is 1. The summed E-state index contributed by atoms with van der Waals surface area (Å²) in [5, 5.41) is 22.3. The summed E-state index contributed by atoms with van der Waals surface area (Å²) in [6.07, 6.45) is 7.28. The lowest BCUT2D eigenvalue weighted by Crippen LogP contribution is -2.21. The molecule has 9 nitrogen and oxygen atoms in total. The quantitative estimate of drug-likeness (QED) is 0.400. The van der Waals surface area contributed by atoms with Crippen LogP contribution in [0.4, 0.5) is 0 Å². The van der Waals surface area contributed by atoms with Crippen LogP contribution < -0.4 is 0 Å². The average Bonchev–Trinajstić information content (AvgIpc) is 3.27. The second-order valence-corrected chi connectivity index (χ2v) is 7.36. The van der Waals surface area contributed by atoms with Gasteiger partial charge in [-0.1, -0.05) is 6.92 Å². The number of nitrogens with one attached hydrogen (secondary N) is 2. The molecule has 140 valence electrons. The van der Waals surface area contributed by atoms with Crippen LogP contribution in [0, 0.1) is 22.7 Å². The lowest BCUT2D eigenvalue weighted by Gasteiger charge is -2.22. The van der Waals surface area contributed by atoms with Gasteiger partial charge in [0, 0.05) is 29.1 Å². The molecule has 0 aliphatic rings. The first-order valence-corrected chi connectivity index (χ1v) is 9.73. The van der Waals surface area contributed by atoms with Crippen molar-refractivity contribution < 1.29 is 8.42 Å². The molecule has 0 aliphatic carbocycles. The third-order valence-corrected chi connectivity index (χ3v) is 5.05. The molecule has 3 rings (SSSR count). The Kier molecular flexibility index (Phi) is 5.61. The Labute approximate surface area is 157 Å². The molecule has 0 spiro atoms. The summed E-state index contributed by atoms with van der Waals surface area (Å²) >= 11 is 0. The van der Waals surface area contributed by atoms with Gasteiger partial charge < -0.3 is 10.4 Å². The Bertz CT molecular complexity index is 1070. The summed E-state index contributed by atoms with van der Waals surface area (Å²) in [5.41, 5.74) is 2.41. The second kappa shape index (κ2) is 8.09. The van der Waals surface area contributed by atoms with Gasteiger partial charge in [-0.3, -0.25) is 4.68 Å². The van der Waals surface area contributed by atoms with Gasteiger partial charge in [-0.15, -0.1) is 0 Å². The highest BCUT2D eigenvalue weighted by molar-refractivity contribution is 7.73. The van der Waals surface area contributed by atoms with Gasteiger partial charge in [-0.25, -0.2) is 18.4 Å². The summed E-state index contributed by atoms with van der Waals surface area (Å²) in [6.45, 7) is 1.89. The minimum absolute atomic E-state index is 0.113. The van der Waals surface area contributed by atoms with Gasteiger partial charge in [0.15, 0.2) is 0 Å². The zero-order valence-corrected chi connectivity index (χ0v) is 15.6. The number of hydrogen-bond acceptors (Lipinski definition) is 7. The minimum Gasteiger partial charge on any atom is -0.346 e. The molecule has 3 heterocycles. The number of rotatable bonds is 8. The highest BCUT2D eigenvalue weighted by atomic mass is 32.2. The van der Waals surface area contributed by atoms with Gasteiger partial charge in [0.25, 0.3) is 0 Å². The van der Waals surface area contributed by atoms with E-state index in [-0.39, 0.29) is 29.8 Å². The highest BCUT2D eigenvalue weighted by Crippen LogP contribution is 2.29. The number of aromatic nitrogens is 5. The van der Waals surface area contributed by atoms with E-state index in [9.17, 15) is 13.7 Å². The Morgan fingerprint density at radius 2 is 2.26 bits per heavy atom. The fourth-order valence-corrected chi connectivity index (χ4v) is 3.58. The molecular formula is C17H19N7O2S. The Morgan fingerprint density at radius 1 is 1.44 bits per heavy atom. The van der Waals surface area contributed by atoms with Crippen LogP contribution in [-0.2, 0) is 10.7 Å². The molecular weight excluding hydrogens is 366 g/mol. The van der Waals surface area contributed by atoms with E-state index in [1.807, 2.05) is 19.2 Å². The molecule has 0 fully saturated rings. The van der Waals surface area contributed by atoms with Crippen LogP contribution in [0.2, 0.25) is 0 Å². The van der Waals surface area contributed by atoms with Crippen molar-refractivity contribution in [2.24, 2.45) is 5.92 Å². The largest absolute Gasteiger partial charge is 0.346 e. The van der Waals surface area contributed by atoms with Crippen LogP contribution in [0.3, 0.4) is 0 Å². The van der Waals surface area contributed by atoms with E-state index in [2.05, 4.69) is 26.1 Å². The molecule has 0 aliphatic heterocycles. The highest BCUT2D eigenvalue weighted by Gasteiger charge is 2.22. The van der Waals surface area contributed by atoms with E-state index < -0.39 is 10.7 Å².